The first-order valence-corrected chi connectivity index (χ1v) is 10.5. The average Bonchev–Trinajstić information content (AvgIpc) is 2.77. The molecular weight excluding hydrogens is 392 g/mol. The summed E-state index contributed by atoms with van der Waals surface area (Å²) in [4.78, 5) is 20.7. The zero-order valence-electron chi connectivity index (χ0n) is 17.7. The molecule has 2 heterocycles. The highest BCUT2D eigenvalue weighted by atomic mass is 16.3. The van der Waals surface area contributed by atoms with Crippen LogP contribution >= 0.6 is 0 Å². The van der Waals surface area contributed by atoms with E-state index in [4.69, 9.17) is 5.26 Å². The Kier molecular flexibility index (Phi) is 5.66. The summed E-state index contributed by atoms with van der Waals surface area (Å²) in [6.45, 7) is 4.88. The van der Waals surface area contributed by atoms with Gasteiger partial charge in [0.25, 0.3) is 5.91 Å². The van der Waals surface area contributed by atoms with Gasteiger partial charge in [-0.15, -0.1) is 0 Å². The zero-order chi connectivity index (χ0) is 22.1. The number of amidine groups is 1. The smallest absolute Gasteiger partial charge is 0.274 e. The van der Waals surface area contributed by atoms with Crippen LogP contribution in [0.5, 0.6) is 0 Å². The van der Waals surface area contributed by atoms with Gasteiger partial charge in [-0.2, -0.15) is 5.26 Å². The second kappa shape index (κ2) is 8.40. The maximum absolute atomic E-state index is 13.0. The van der Waals surface area contributed by atoms with Crippen molar-refractivity contribution in [1.82, 2.24) is 9.80 Å². The Morgan fingerprint density at radius 2 is 2.06 bits per heavy atom. The van der Waals surface area contributed by atoms with Gasteiger partial charge in [0, 0.05) is 25.6 Å². The van der Waals surface area contributed by atoms with E-state index in [0.29, 0.717) is 31.8 Å². The van der Waals surface area contributed by atoms with Crippen LogP contribution in [0.2, 0.25) is 0 Å². The minimum Gasteiger partial charge on any atom is -0.506 e. The fraction of sp³-hybridized carbons (Fsp3) is 0.375. The Hall–Kier alpha value is -3.37. The molecule has 2 aliphatic heterocycles. The third kappa shape index (κ3) is 3.87. The molecule has 2 N–H and O–H groups in total. The fourth-order valence-electron chi connectivity index (χ4n) is 4.25. The van der Waals surface area contributed by atoms with E-state index in [1.807, 2.05) is 50.3 Å². The SMILES string of the molecule is CC(C)N1CCN2C(Cc3ccccc3C3=CCC(C#N)C=C3)=NC(O)C(O)=C2C1=O. The maximum Gasteiger partial charge on any atom is 0.274 e. The molecule has 7 heteroatoms. The summed E-state index contributed by atoms with van der Waals surface area (Å²) in [7, 11) is 0. The van der Waals surface area contributed by atoms with Crippen LogP contribution in [0.15, 0.2) is 58.9 Å². The van der Waals surface area contributed by atoms with E-state index in [-0.39, 0.29) is 23.6 Å². The van der Waals surface area contributed by atoms with Crippen molar-refractivity contribution in [3.8, 4) is 6.07 Å². The number of piperazine rings is 1. The monoisotopic (exact) mass is 418 g/mol. The van der Waals surface area contributed by atoms with E-state index in [1.165, 1.54) is 0 Å². The molecule has 7 nitrogen and oxygen atoms in total. The fourth-order valence-corrected chi connectivity index (χ4v) is 4.25. The first kappa shape index (κ1) is 20.9. The average molecular weight is 418 g/mol. The van der Waals surface area contributed by atoms with Gasteiger partial charge in [0.15, 0.2) is 11.5 Å². The minimum atomic E-state index is -1.45. The quantitative estimate of drug-likeness (QED) is 0.783. The number of carbonyl (C=O) groups is 1. The minimum absolute atomic E-state index is 0.00241. The number of fused-ring (bicyclic) bond motifs is 1. The lowest BCUT2D eigenvalue weighted by Crippen LogP contribution is -2.55. The lowest BCUT2D eigenvalue weighted by atomic mass is 9.90. The van der Waals surface area contributed by atoms with Crippen LogP contribution in [0, 0.1) is 17.2 Å². The molecule has 0 bridgehead atoms. The molecule has 31 heavy (non-hydrogen) atoms. The molecule has 2 unspecified atom stereocenters. The highest BCUT2D eigenvalue weighted by molar-refractivity contribution is 6.02. The van der Waals surface area contributed by atoms with Crippen molar-refractivity contribution in [1.29, 1.82) is 5.26 Å². The first-order chi connectivity index (χ1) is 14.9. The molecule has 0 radical (unpaired) electrons. The largest absolute Gasteiger partial charge is 0.506 e. The van der Waals surface area contributed by atoms with Gasteiger partial charge in [-0.05, 0) is 37.0 Å². The Bertz CT molecular complexity index is 1060. The Labute approximate surface area is 181 Å². The lowest BCUT2D eigenvalue weighted by Gasteiger charge is -2.42. The predicted molar refractivity (Wildman–Crippen MR) is 118 cm³/mol. The summed E-state index contributed by atoms with van der Waals surface area (Å²) in [6.07, 6.45) is 5.57. The normalized spacial score (nSPS) is 23.5. The number of carbonyl (C=O) groups excluding carboxylic acids is 1. The third-order valence-electron chi connectivity index (χ3n) is 5.93. The lowest BCUT2D eigenvalue weighted by molar-refractivity contribution is -0.133. The zero-order valence-corrected chi connectivity index (χ0v) is 17.7. The standard InChI is InChI=1S/C24H26N4O3/c1-15(2)27-11-12-28-20(26-23(30)22(29)21(28)24(27)31)13-18-5-3-4-6-19(18)17-9-7-16(14-25)8-10-17/h3-7,9-10,15-16,23,29-30H,8,11-13H2,1-2H3. The summed E-state index contributed by atoms with van der Waals surface area (Å²) >= 11 is 0. The van der Waals surface area contributed by atoms with Crippen LogP contribution in [0.1, 0.15) is 31.4 Å². The number of amides is 1. The van der Waals surface area contributed by atoms with Crippen molar-refractivity contribution in [3.05, 3.63) is 65.1 Å². The Morgan fingerprint density at radius 1 is 1.29 bits per heavy atom. The molecule has 1 aromatic rings. The Morgan fingerprint density at radius 3 is 2.74 bits per heavy atom. The van der Waals surface area contributed by atoms with Gasteiger partial charge in [0.2, 0.25) is 6.23 Å². The van der Waals surface area contributed by atoms with Gasteiger partial charge in [-0.3, -0.25) is 4.79 Å². The van der Waals surface area contributed by atoms with Crippen LogP contribution < -0.4 is 0 Å². The van der Waals surface area contributed by atoms with Crippen LogP contribution in [-0.2, 0) is 11.2 Å². The van der Waals surface area contributed by atoms with Crippen LogP contribution in [0.4, 0.5) is 0 Å². The molecular formula is C24H26N4O3. The molecule has 1 aliphatic carbocycles. The molecule has 1 amide bonds. The summed E-state index contributed by atoms with van der Waals surface area (Å²) in [5.74, 6) is -0.237. The van der Waals surface area contributed by atoms with Crippen molar-refractivity contribution in [2.75, 3.05) is 13.1 Å². The van der Waals surface area contributed by atoms with Gasteiger partial charge in [0.05, 0.1) is 12.0 Å². The van der Waals surface area contributed by atoms with Crippen LogP contribution in [0.25, 0.3) is 5.57 Å². The van der Waals surface area contributed by atoms with Gasteiger partial charge in [-0.1, -0.05) is 42.5 Å². The molecule has 3 aliphatic rings. The summed E-state index contributed by atoms with van der Waals surface area (Å²) in [6, 6.07) is 10.2. The predicted octanol–water partition coefficient (Wildman–Crippen LogP) is 2.76. The highest BCUT2D eigenvalue weighted by Gasteiger charge is 2.39. The third-order valence-corrected chi connectivity index (χ3v) is 5.93. The number of hydrogen-bond donors (Lipinski definition) is 2. The number of nitriles is 1. The number of aliphatic imine (C=N–C) groups is 1. The second-order valence-electron chi connectivity index (χ2n) is 8.22. The van der Waals surface area contributed by atoms with E-state index in [2.05, 4.69) is 17.1 Å². The number of benzene rings is 1. The molecule has 2 atom stereocenters. The maximum atomic E-state index is 13.0. The molecule has 1 aromatic carbocycles. The van der Waals surface area contributed by atoms with Crippen molar-refractivity contribution >= 4 is 17.3 Å². The van der Waals surface area contributed by atoms with Crippen molar-refractivity contribution in [3.63, 3.8) is 0 Å². The van der Waals surface area contributed by atoms with Crippen molar-refractivity contribution in [2.45, 2.75) is 39.0 Å². The summed E-state index contributed by atoms with van der Waals surface area (Å²) in [5, 5.41) is 29.9. The molecule has 0 saturated carbocycles. The second-order valence-corrected chi connectivity index (χ2v) is 8.22. The molecule has 1 saturated heterocycles. The van der Waals surface area contributed by atoms with E-state index in [9.17, 15) is 15.0 Å². The van der Waals surface area contributed by atoms with E-state index >= 15 is 0 Å². The first-order valence-electron chi connectivity index (χ1n) is 10.5. The number of allylic oxidation sites excluding steroid dienone is 4. The summed E-state index contributed by atoms with van der Waals surface area (Å²) in [5.41, 5.74) is 3.18. The van der Waals surface area contributed by atoms with Crippen LogP contribution in [0.3, 0.4) is 0 Å². The van der Waals surface area contributed by atoms with E-state index in [1.54, 1.807) is 9.80 Å². The van der Waals surface area contributed by atoms with E-state index in [0.717, 1.165) is 16.7 Å². The number of hydrogen-bond acceptors (Lipinski definition) is 6. The van der Waals surface area contributed by atoms with Gasteiger partial charge < -0.3 is 20.0 Å². The van der Waals surface area contributed by atoms with E-state index < -0.39 is 12.0 Å². The topological polar surface area (TPSA) is 100 Å². The van der Waals surface area contributed by atoms with Gasteiger partial charge in [0.1, 0.15) is 5.84 Å². The molecule has 4 rings (SSSR count). The number of aliphatic hydroxyl groups is 2. The molecule has 1 fully saturated rings. The molecule has 160 valence electrons. The number of aliphatic hydroxyl groups excluding tert-OH is 2. The van der Waals surface area contributed by atoms with Crippen molar-refractivity contribution < 1.29 is 15.0 Å². The van der Waals surface area contributed by atoms with Gasteiger partial charge in [-0.25, -0.2) is 4.99 Å². The highest BCUT2D eigenvalue weighted by Crippen LogP contribution is 2.30. The van der Waals surface area contributed by atoms with Crippen molar-refractivity contribution in [2.24, 2.45) is 10.9 Å². The number of rotatable bonds is 4. The summed E-state index contributed by atoms with van der Waals surface area (Å²) < 4.78 is 0. The number of nitrogens with zero attached hydrogens (tertiary/aromatic N) is 4. The molecule has 0 spiro atoms. The Balaban J connectivity index is 1.64. The van der Waals surface area contributed by atoms with Crippen LogP contribution in [-0.4, -0.2) is 57.1 Å². The van der Waals surface area contributed by atoms with Gasteiger partial charge >= 0.3 is 0 Å². The molecule has 0 aromatic heterocycles.